The fraction of sp³-hybridized carbons (Fsp3) is 0.105. The minimum atomic E-state index is -2.81. The van der Waals surface area contributed by atoms with Crippen molar-refractivity contribution in [1.82, 2.24) is 0 Å². The number of thiol groups is 1. The highest BCUT2D eigenvalue weighted by atomic mass is 32.2. The predicted octanol–water partition coefficient (Wildman–Crippen LogP) is 3.69. The molecule has 26 heavy (non-hydrogen) atoms. The second-order valence-corrected chi connectivity index (χ2v) is 6.40. The van der Waals surface area contributed by atoms with Gasteiger partial charge in [-0.1, -0.05) is 12.1 Å². The van der Waals surface area contributed by atoms with Crippen LogP contribution in [0.15, 0.2) is 53.8 Å². The van der Waals surface area contributed by atoms with Crippen LogP contribution in [0.3, 0.4) is 0 Å². The fourth-order valence-corrected chi connectivity index (χ4v) is 3.30. The van der Waals surface area contributed by atoms with Gasteiger partial charge in [0, 0.05) is 17.2 Å². The van der Waals surface area contributed by atoms with Crippen molar-refractivity contribution in [3.05, 3.63) is 76.3 Å². The molecule has 2 aromatic rings. The van der Waals surface area contributed by atoms with Crippen LogP contribution >= 0.6 is 0 Å². The van der Waals surface area contributed by atoms with E-state index in [1.807, 2.05) is 0 Å². The van der Waals surface area contributed by atoms with Crippen molar-refractivity contribution in [1.29, 1.82) is 5.26 Å². The molecule has 132 valence electrons. The number of nitrogens with one attached hydrogen (secondary N) is 1. The third kappa shape index (κ3) is 3.19. The van der Waals surface area contributed by atoms with Crippen molar-refractivity contribution < 1.29 is 17.5 Å². The third-order valence-corrected chi connectivity index (χ3v) is 4.43. The molecular formula is C19H15FN2O3S. The molecule has 0 saturated heterocycles. The van der Waals surface area contributed by atoms with Crippen LogP contribution in [0, 0.1) is 24.1 Å². The summed E-state index contributed by atoms with van der Waals surface area (Å²) in [6.45, 7) is 3.54. The Morgan fingerprint density at radius 2 is 1.92 bits per heavy atom. The highest BCUT2D eigenvalue weighted by Crippen LogP contribution is 2.44. The van der Waals surface area contributed by atoms with Gasteiger partial charge in [-0.05, 0) is 49.2 Å². The molecule has 5 nitrogen and oxygen atoms in total. The predicted molar refractivity (Wildman–Crippen MR) is 97.5 cm³/mol. The Balaban J connectivity index is 2.31. The van der Waals surface area contributed by atoms with E-state index in [4.69, 9.17) is 4.74 Å². The van der Waals surface area contributed by atoms with E-state index in [1.54, 1.807) is 44.2 Å². The summed E-state index contributed by atoms with van der Waals surface area (Å²) in [7, 11) is -2.81. The summed E-state index contributed by atoms with van der Waals surface area (Å²) in [6.07, 6.45) is 1.66. The molecule has 1 N–H and O–H groups in total. The number of halogens is 1. The minimum absolute atomic E-state index is 0.338. The second-order valence-electron chi connectivity index (χ2n) is 5.66. The molecule has 1 heterocycles. The van der Waals surface area contributed by atoms with Crippen LogP contribution in [0.1, 0.15) is 23.6 Å². The first-order valence-electron chi connectivity index (χ1n) is 7.75. The van der Waals surface area contributed by atoms with Gasteiger partial charge in [0.2, 0.25) is 10.9 Å². The second kappa shape index (κ2) is 7.02. The maximum absolute atomic E-state index is 13.3. The van der Waals surface area contributed by atoms with E-state index in [0.717, 1.165) is 5.56 Å². The first-order chi connectivity index (χ1) is 12.4. The Morgan fingerprint density at radius 1 is 1.23 bits per heavy atom. The fourth-order valence-electron chi connectivity index (χ4n) is 2.96. The number of benzene rings is 2. The topological polar surface area (TPSA) is 79.2 Å². The van der Waals surface area contributed by atoms with Gasteiger partial charge in [-0.15, -0.1) is 0 Å². The lowest BCUT2D eigenvalue weighted by Gasteiger charge is -2.25. The van der Waals surface area contributed by atoms with E-state index in [0.29, 0.717) is 39.5 Å². The Morgan fingerprint density at radius 3 is 2.50 bits per heavy atom. The molecule has 0 unspecified atom stereocenters. The van der Waals surface area contributed by atoms with Crippen molar-refractivity contribution in [3.8, 4) is 11.8 Å². The van der Waals surface area contributed by atoms with E-state index in [-0.39, 0.29) is 5.82 Å². The summed E-state index contributed by atoms with van der Waals surface area (Å²) in [4.78, 5) is 0. The number of anilines is 1. The number of nitrogens with zero attached hydrogens (tertiary/aromatic N) is 1. The smallest absolute Gasteiger partial charge is 0.222 e. The lowest BCUT2D eigenvalue weighted by molar-refractivity contribution is 0.432. The highest BCUT2D eigenvalue weighted by molar-refractivity contribution is 7.73. The van der Waals surface area contributed by atoms with Gasteiger partial charge < -0.3 is 4.74 Å². The van der Waals surface area contributed by atoms with Crippen molar-refractivity contribution in [2.75, 3.05) is 4.72 Å². The molecule has 2 aromatic carbocycles. The number of hydrogen-bond donors (Lipinski definition) is 2. The van der Waals surface area contributed by atoms with Crippen LogP contribution in [0.5, 0.6) is 5.75 Å². The van der Waals surface area contributed by atoms with E-state index in [9.17, 15) is 18.1 Å². The Hall–Kier alpha value is -3.11. The molecule has 3 rings (SSSR count). The molecule has 1 aliphatic heterocycles. The largest absolute Gasteiger partial charge is 0.456 e. The normalized spacial score (nSPS) is 14.8. The lowest BCUT2D eigenvalue weighted by atomic mass is 9.87. The molecular weight excluding hydrogens is 355 g/mol. The van der Waals surface area contributed by atoms with Crippen LogP contribution in [-0.2, 0) is 10.9 Å². The Kier molecular flexibility index (Phi) is 4.78. The van der Waals surface area contributed by atoms with Crippen molar-refractivity contribution in [3.63, 3.8) is 0 Å². The summed E-state index contributed by atoms with van der Waals surface area (Å²) < 4.78 is 43.5. The van der Waals surface area contributed by atoms with Gasteiger partial charge in [0.05, 0.1) is 5.69 Å². The average Bonchev–Trinajstić information content (AvgIpc) is 2.60. The number of nitriles is 1. The molecule has 0 atom stereocenters. The van der Waals surface area contributed by atoms with Gasteiger partial charge >= 0.3 is 0 Å². The van der Waals surface area contributed by atoms with E-state index >= 15 is 0 Å². The summed E-state index contributed by atoms with van der Waals surface area (Å²) >= 11 is 0. The van der Waals surface area contributed by atoms with Crippen LogP contribution in [0.4, 0.5) is 10.1 Å². The van der Waals surface area contributed by atoms with Gasteiger partial charge in [0.1, 0.15) is 29.0 Å². The zero-order valence-corrected chi connectivity index (χ0v) is 14.9. The summed E-state index contributed by atoms with van der Waals surface area (Å²) in [5.74, 6) is 0.417. The molecule has 0 aliphatic carbocycles. The van der Waals surface area contributed by atoms with E-state index in [2.05, 4.69) is 10.8 Å². The third-order valence-electron chi connectivity index (χ3n) is 3.99. The highest BCUT2D eigenvalue weighted by Gasteiger charge is 2.27. The van der Waals surface area contributed by atoms with Crippen LogP contribution in [-0.4, -0.2) is 8.42 Å². The monoisotopic (exact) mass is 370 g/mol. The van der Waals surface area contributed by atoms with Crippen LogP contribution < -0.4 is 9.46 Å². The van der Waals surface area contributed by atoms with Gasteiger partial charge in [0.25, 0.3) is 0 Å². The van der Waals surface area contributed by atoms with Gasteiger partial charge in [-0.25, -0.2) is 12.8 Å². The van der Waals surface area contributed by atoms with Crippen LogP contribution in [0.2, 0.25) is 0 Å². The summed E-state index contributed by atoms with van der Waals surface area (Å²) in [5.41, 5.74) is 3.40. The molecule has 0 fully saturated rings. The van der Waals surface area contributed by atoms with E-state index in [1.165, 1.54) is 12.1 Å². The zero-order valence-electron chi connectivity index (χ0n) is 14.0. The molecule has 0 saturated carbocycles. The molecule has 0 aromatic heterocycles. The number of ether oxygens (including phenoxy) is 1. The number of fused-ring (bicyclic) bond motifs is 1. The van der Waals surface area contributed by atoms with Crippen LogP contribution in [0.25, 0.3) is 5.57 Å². The summed E-state index contributed by atoms with van der Waals surface area (Å²) in [5, 5.41) is 9.67. The quantitative estimate of drug-likeness (QED) is 0.808. The molecule has 7 heteroatoms. The SMILES string of the molecule is C/C=C1\Oc2cc(N[SH](=O)=O)cc(C)c2C(c2ccc(F)cc2)=C1C#N. The van der Waals surface area contributed by atoms with Crippen molar-refractivity contribution in [2.24, 2.45) is 0 Å². The molecule has 1 aliphatic rings. The maximum atomic E-state index is 13.3. The molecule has 0 radical (unpaired) electrons. The van der Waals surface area contributed by atoms with Crippen molar-refractivity contribution >= 4 is 22.2 Å². The Bertz CT molecular complexity index is 1050. The lowest BCUT2D eigenvalue weighted by Crippen LogP contribution is -2.12. The van der Waals surface area contributed by atoms with E-state index < -0.39 is 10.9 Å². The number of hydrogen-bond acceptors (Lipinski definition) is 4. The Labute approximate surface area is 152 Å². The zero-order chi connectivity index (χ0) is 18.8. The van der Waals surface area contributed by atoms with Gasteiger partial charge in [0.15, 0.2) is 0 Å². The first kappa shape index (κ1) is 17.7. The van der Waals surface area contributed by atoms with Crippen molar-refractivity contribution in [2.45, 2.75) is 13.8 Å². The first-order valence-corrected chi connectivity index (χ1v) is 8.93. The molecule has 0 bridgehead atoms. The number of rotatable bonds is 3. The molecule has 0 amide bonds. The average molecular weight is 370 g/mol. The number of allylic oxidation sites excluding steroid dienone is 2. The standard InChI is InChI=1S/C19H15FN2O3S/c1-3-16-15(10-21)19(12-4-6-13(20)7-5-12)18-11(2)8-14(22-26(23)24)9-17(18)25-16/h3-9,26H,1-2H3,(H,22,23,24)/b16-3-. The minimum Gasteiger partial charge on any atom is -0.456 e. The van der Waals surface area contributed by atoms with Gasteiger partial charge in [-0.3, -0.25) is 4.72 Å². The van der Waals surface area contributed by atoms with Gasteiger partial charge in [-0.2, -0.15) is 5.26 Å². The molecule has 0 spiro atoms. The number of aryl methyl sites for hydroxylation is 1. The summed E-state index contributed by atoms with van der Waals surface area (Å²) in [6, 6.07) is 11.2. The maximum Gasteiger partial charge on any atom is 0.222 e.